The molecule has 0 saturated carbocycles. The minimum absolute atomic E-state index is 1.23. The molecular formula is C11H18. The zero-order valence-electron chi connectivity index (χ0n) is 7.80. The lowest BCUT2D eigenvalue weighted by molar-refractivity contribution is 1.49. The van der Waals surface area contributed by atoms with Crippen LogP contribution in [0.1, 0.15) is 20.8 Å². The first-order valence-electron chi connectivity index (χ1n) is 3.72. The predicted molar refractivity (Wildman–Crippen MR) is 54.6 cm³/mol. The van der Waals surface area contributed by atoms with Gasteiger partial charge in [0.1, 0.15) is 0 Å². The van der Waals surface area contributed by atoms with Gasteiger partial charge in [0.15, 0.2) is 0 Å². The van der Waals surface area contributed by atoms with Gasteiger partial charge in [-0.1, -0.05) is 49.1 Å². The SMILES string of the molecule is C=C/C(C)=C/C.C=C/C=C/C. The fourth-order valence-electron chi connectivity index (χ4n) is 0.254. The summed E-state index contributed by atoms with van der Waals surface area (Å²) in [5.74, 6) is 0. The predicted octanol–water partition coefficient (Wildman–Crippen LogP) is 3.89. The number of allylic oxidation sites excluding steroid dienone is 6. The van der Waals surface area contributed by atoms with E-state index in [1.165, 1.54) is 5.57 Å². The highest BCUT2D eigenvalue weighted by atomic mass is 13.7. The van der Waals surface area contributed by atoms with Crippen LogP contribution >= 0.6 is 0 Å². The quantitative estimate of drug-likeness (QED) is 0.524. The van der Waals surface area contributed by atoms with Crippen molar-refractivity contribution < 1.29 is 0 Å². The second kappa shape index (κ2) is 11.7. The highest BCUT2D eigenvalue weighted by Crippen LogP contribution is 1.88. The largest absolute Gasteiger partial charge is 0.0991 e. The van der Waals surface area contributed by atoms with Crippen molar-refractivity contribution >= 4 is 0 Å². The number of rotatable bonds is 2. The fourth-order valence-corrected chi connectivity index (χ4v) is 0.254. The van der Waals surface area contributed by atoms with Crippen LogP contribution in [0.25, 0.3) is 0 Å². The molecule has 0 bridgehead atoms. The van der Waals surface area contributed by atoms with Gasteiger partial charge < -0.3 is 0 Å². The summed E-state index contributed by atoms with van der Waals surface area (Å²) >= 11 is 0. The third kappa shape index (κ3) is 17.6. The Kier molecular flexibility index (Phi) is 13.4. The first-order chi connectivity index (χ1) is 5.22. The van der Waals surface area contributed by atoms with Crippen molar-refractivity contribution in [3.8, 4) is 0 Å². The summed E-state index contributed by atoms with van der Waals surface area (Å²) in [4.78, 5) is 0. The first kappa shape index (κ1) is 12.6. The van der Waals surface area contributed by atoms with E-state index in [4.69, 9.17) is 0 Å². The molecule has 0 heterocycles. The van der Waals surface area contributed by atoms with Gasteiger partial charge in [-0.3, -0.25) is 0 Å². The van der Waals surface area contributed by atoms with E-state index in [0.29, 0.717) is 0 Å². The van der Waals surface area contributed by atoms with E-state index in [9.17, 15) is 0 Å². The Bertz CT molecular complexity index is 147. The maximum atomic E-state index is 3.56. The topological polar surface area (TPSA) is 0 Å². The van der Waals surface area contributed by atoms with Crippen molar-refractivity contribution in [3.63, 3.8) is 0 Å². The zero-order chi connectivity index (χ0) is 9.11. The van der Waals surface area contributed by atoms with Gasteiger partial charge in [0.05, 0.1) is 0 Å². The Morgan fingerprint density at radius 2 is 1.73 bits per heavy atom. The van der Waals surface area contributed by atoms with Crippen molar-refractivity contribution in [2.75, 3.05) is 0 Å². The van der Waals surface area contributed by atoms with Crippen LogP contribution in [0.2, 0.25) is 0 Å². The van der Waals surface area contributed by atoms with E-state index >= 15 is 0 Å². The molecule has 0 nitrogen and oxygen atoms in total. The van der Waals surface area contributed by atoms with Gasteiger partial charge in [-0.2, -0.15) is 0 Å². The highest BCUT2D eigenvalue weighted by Gasteiger charge is 1.66. The van der Waals surface area contributed by atoms with Crippen molar-refractivity contribution in [1.29, 1.82) is 0 Å². The normalized spacial score (nSPS) is 10.3. The van der Waals surface area contributed by atoms with E-state index in [-0.39, 0.29) is 0 Å². The molecule has 0 aliphatic rings. The molecule has 0 aromatic carbocycles. The van der Waals surface area contributed by atoms with E-state index in [2.05, 4.69) is 13.2 Å². The molecule has 0 spiro atoms. The Labute approximate surface area is 70.6 Å². The second-order valence-electron chi connectivity index (χ2n) is 2.00. The van der Waals surface area contributed by atoms with E-state index in [1.54, 1.807) is 6.08 Å². The lowest BCUT2D eigenvalue weighted by atomic mass is 10.3. The number of hydrogen-bond acceptors (Lipinski definition) is 0. The molecule has 0 amide bonds. The standard InChI is InChI=1S/C6H10.C5H8/c1-4-6(3)5-2;1-3-5-4-2/h4-5H,1H2,2-3H3;3-5H,1H2,2H3/b6-5+;5-4+. The molecule has 0 radical (unpaired) electrons. The van der Waals surface area contributed by atoms with Crippen molar-refractivity contribution in [2.24, 2.45) is 0 Å². The van der Waals surface area contributed by atoms with Crippen LogP contribution in [-0.4, -0.2) is 0 Å². The lowest BCUT2D eigenvalue weighted by Gasteiger charge is -1.78. The second-order valence-corrected chi connectivity index (χ2v) is 2.00. The van der Waals surface area contributed by atoms with Crippen molar-refractivity contribution in [1.82, 2.24) is 0 Å². The molecule has 0 atom stereocenters. The minimum Gasteiger partial charge on any atom is -0.0991 e. The summed E-state index contributed by atoms with van der Waals surface area (Å²) in [5, 5.41) is 0. The Balaban J connectivity index is 0. The maximum Gasteiger partial charge on any atom is -0.0401 e. The van der Waals surface area contributed by atoms with Gasteiger partial charge in [0.25, 0.3) is 0 Å². The van der Waals surface area contributed by atoms with Crippen LogP contribution in [0.4, 0.5) is 0 Å². The van der Waals surface area contributed by atoms with Crippen molar-refractivity contribution in [2.45, 2.75) is 20.8 Å². The summed E-state index contributed by atoms with van der Waals surface area (Å²) in [6.45, 7) is 13.0. The van der Waals surface area contributed by atoms with E-state index in [0.717, 1.165) is 0 Å². The molecule has 0 fully saturated rings. The molecule has 0 heteroatoms. The molecule has 0 aliphatic carbocycles. The monoisotopic (exact) mass is 150 g/mol. The van der Waals surface area contributed by atoms with Gasteiger partial charge in [-0.15, -0.1) is 0 Å². The molecular weight excluding hydrogens is 132 g/mol. The Morgan fingerprint density at radius 1 is 1.18 bits per heavy atom. The summed E-state index contributed by atoms with van der Waals surface area (Å²) < 4.78 is 0. The van der Waals surface area contributed by atoms with Crippen LogP contribution in [0.3, 0.4) is 0 Å². The molecule has 0 rings (SSSR count). The Morgan fingerprint density at radius 3 is 1.73 bits per heavy atom. The van der Waals surface area contributed by atoms with Crippen LogP contribution in [0, 0.1) is 0 Å². The summed E-state index contributed by atoms with van der Waals surface area (Å²) in [6.07, 6.45) is 9.43. The highest BCUT2D eigenvalue weighted by molar-refractivity contribution is 5.10. The average molecular weight is 150 g/mol. The van der Waals surface area contributed by atoms with Crippen molar-refractivity contribution in [3.05, 3.63) is 49.1 Å². The van der Waals surface area contributed by atoms with E-state index in [1.807, 2.05) is 45.1 Å². The molecule has 0 aromatic heterocycles. The van der Waals surface area contributed by atoms with Gasteiger partial charge >= 0.3 is 0 Å². The van der Waals surface area contributed by atoms with Gasteiger partial charge in [-0.05, 0) is 20.8 Å². The lowest BCUT2D eigenvalue weighted by Crippen LogP contribution is -1.57. The van der Waals surface area contributed by atoms with Crippen LogP contribution in [0.15, 0.2) is 49.1 Å². The molecule has 0 N–H and O–H groups in total. The van der Waals surface area contributed by atoms with Crippen LogP contribution in [-0.2, 0) is 0 Å². The van der Waals surface area contributed by atoms with Gasteiger partial charge in [0.2, 0.25) is 0 Å². The van der Waals surface area contributed by atoms with E-state index < -0.39 is 0 Å². The fraction of sp³-hybridized carbons (Fsp3) is 0.273. The molecule has 0 unspecified atom stereocenters. The maximum absolute atomic E-state index is 3.56. The summed E-state index contributed by atoms with van der Waals surface area (Å²) in [5.41, 5.74) is 1.23. The smallest absolute Gasteiger partial charge is 0.0401 e. The third-order valence-electron chi connectivity index (χ3n) is 1.11. The molecule has 62 valence electrons. The zero-order valence-corrected chi connectivity index (χ0v) is 7.80. The van der Waals surface area contributed by atoms with Crippen LogP contribution < -0.4 is 0 Å². The number of hydrogen-bond donors (Lipinski definition) is 0. The summed E-state index contributed by atoms with van der Waals surface area (Å²) in [7, 11) is 0. The molecule has 11 heavy (non-hydrogen) atoms. The minimum atomic E-state index is 1.23. The molecule has 0 aromatic rings. The third-order valence-corrected chi connectivity index (χ3v) is 1.11. The van der Waals surface area contributed by atoms with Gasteiger partial charge in [-0.25, -0.2) is 0 Å². The van der Waals surface area contributed by atoms with Gasteiger partial charge in [0, 0.05) is 0 Å². The first-order valence-corrected chi connectivity index (χ1v) is 3.72. The Hall–Kier alpha value is -1.04. The molecule has 0 saturated heterocycles. The average Bonchev–Trinajstić information content (AvgIpc) is 2.06. The summed E-state index contributed by atoms with van der Waals surface area (Å²) in [6, 6.07) is 0. The molecule has 0 aliphatic heterocycles. The van der Waals surface area contributed by atoms with Crippen LogP contribution in [0.5, 0.6) is 0 Å².